The zero-order valence-corrected chi connectivity index (χ0v) is 17.7. The maximum absolute atomic E-state index is 5.76. The second kappa shape index (κ2) is 8.50. The van der Waals surface area contributed by atoms with Crippen molar-refractivity contribution in [1.29, 1.82) is 0 Å². The minimum atomic E-state index is 0.268. The molecule has 2 aliphatic heterocycles. The molecule has 4 heterocycles. The normalized spacial score (nSPS) is 18.3. The van der Waals surface area contributed by atoms with E-state index in [1.54, 1.807) is 19.6 Å². The number of fused-ring (bicyclic) bond motifs is 1. The highest BCUT2D eigenvalue weighted by molar-refractivity contribution is 5.57. The first-order chi connectivity index (χ1) is 15.2. The van der Waals surface area contributed by atoms with Crippen LogP contribution in [0, 0.1) is 0 Å². The van der Waals surface area contributed by atoms with Crippen LogP contribution >= 0.6 is 0 Å². The fourth-order valence-corrected chi connectivity index (χ4v) is 4.21. The van der Waals surface area contributed by atoms with Gasteiger partial charge in [0.15, 0.2) is 11.5 Å². The Morgan fingerprint density at radius 1 is 1.19 bits per heavy atom. The van der Waals surface area contributed by atoms with Crippen molar-refractivity contribution in [1.82, 2.24) is 25.0 Å². The van der Waals surface area contributed by atoms with Gasteiger partial charge in [-0.3, -0.25) is 4.90 Å². The predicted molar refractivity (Wildman–Crippen MR) is 111 cm³/mol. The third-order valence-corrected chi connectivity index (χ3v) is 5.75. The molecule has 31 heavy (non-hydrogen) atoms. The molecule has 9 nitrogen and oxygen atoms in total. The van der Waals surface area contributed by atoms with E-state index in [2.05, 4.69) is 25.0 Å². The highest BCUT2D eigenvalue weighted by atomic mass is 16.6. The first-order valence-electron chi connectivity index (χ1n) is 10.6. The van der Waals surface area contributed by atoms with Crippen LogP contribution in [0.3, 0.4) is 0 Å². The van der Waals surface area contributed by atoms with E-state index in [-0.39, 0.29) is 5.92 Å². The molecule has 0 spiro atoms. The van der Waals surface area contributed by atoms with Crippen LogP contribution in [0.4, 0.5) is 0 Å². The minimum Gasteiger partial charge on any atom is -0.496 e. The number of likely N-dealkylation sites (tertiary alicyclic amines) is 1. The maximum atomic E-state index is 5.76. The summed E-state index contributed by atoms with van der Waals surface area (Å²) in [6.07, 6.45) is 5.06. The van der Waals surface area contributed by atoms with E-state index in [9.17, 15) is 0 Å². The largest absolute Gasteiger partial charge is 0.496 e. The quantitative estimate of drug-likeness (QED) is 0.593. The van der Waals surface area contributed by atoms with Gasteiger partial charge in [0, 0.05) is 43.3 Å². The zero-order chi connectivity index (χ0) is 21.2. The van der Waals surface area contributed by atoms with E-state index in [0.29, 0.717) is 31.3 Å². The summed E-state index contributed by atoms with van der Waals surface area (Å²) < 4.78 is 22.3. The molecule has 0 N–H and O–H groups in total. The van der Waals surface area contributed by atoms with Gasteiger partial charge in [0.25, 0.3) is 0 Å². The SMILES string of the molecule is CCc1nc(-c2cncnc2[C@H]2CCN(Cc3cc4c(cc3OC)OCCO4)C2)no1. The first kappa shape index (κ1) is 19.7. The van der Waals surface area contributed by atoms with Crippen LogP contribution in [-0.2, 0) is 13.0 Å². The van der Waals surface area contributed by atoms with Crippen molar-refractivity contribution in [2.24, 2.45) is 0 Å². The molecule has 0 saturated carbocycles. The summed E-state index contributed by atoms with van der Waals surface area (Å²) >= 11 is 0. The third kappa shape index (κ3) is 3.93. The second-order valence-corrected chi connectivity index (χ2v) is 7.72. The van der Waals surface area contributed by atoms with Gasteiger partial charge in [0.1, 0.15) is 25.3 Å². The number of rotatable bonds is 6. The monoisotopic (exact) mass is 423 g/mol. The van der Waals surface area contributed by atoms with Gasteiger partial charge in [-0.05, 0) is 19.0 Å². The van der Waals surface area contributed by atoms with Crippen LogP contribution in [0.2, 0.25) is 0 Å². The van der Waals surface area contributed by atoms with E-state index in [1.165, 1.54) is 0 Å². The number of methoxy groups -OCH3 is 1. The molecule has 162 valence electrons. The van der Waals surface area contributed by atoms with E-state index in [0.717, 1.165) is 60.1 Å². The summed E-state index contributed by atoms with van der Waals surface area (Å²) in [5.74, 6) is 3.77. The van der Waals surface area contributed by atoms with Crippen molar-refractivity contribution < 1.29 is 18.7 Å². The van der Waals surface area contributed by atoms with Crippen LogP contribution in [-0.4, -0.2) is 58.4 Å². The van der Waals surface area contributed by atoms with Crippen LogP contribution in [0.1, 0.15) is 36.4 Å². The molecule has 0 amide bonds. The number of hydrogen-bond donors (Lipinski definition) is 0. The molecular weight excluding hydrogens is 398 g/mol. The van der Waals surface area contributed by atoms with Crippen LogP contribution < -0.4 is 14.2 Å². The summed E-state index contributed by atoms with van der Waals surface area (Å²) in [6.45, 7) is 5.71. The molecule has 3 aromatic rings. The maximum Gasteiger partial charge on any atom is 0.226 e. The topological polar surface area (TPSA) is 95.6 Å². The molecule has 2 aromatic heterocycles. The number of hydrogen-bond acceptors (Lipinski definition) is 9. The Hall–Kier alpha value is -3.20. The third-order valence-electron chi connectivity index (χ3n) is 5.75. The Balaban J connectivity index is 1.35. The molecule has 2 aliphatic rings. The second-order valence-electron chi connectivity index (χ2n) is 7.72. The molecular formula is C22H25N5O4. The van der Waals surface area contributed by atoms with Crippen molar-refractivity contribution in [2.75, 3.05) is 33.4 Å². The number of benzene rings is 1. The highest BCUT2D eigenvalue weighted by Gasteiger charge is 2.29. The summed E-state index contributed by atoms with van der Waals surface area (Å²) in [7, 11) is 1.68. The Bertz CT molecular complexity index is 1070. The van der Waals surface area contributed by atoms with Crippen LogP contribution in [0.25, 0.3) is 11.4 Å². The highest BCUT2D eigenvalue weighted by Crippen LogP contribution is 2.38. The standard InChI is InChI=1S/C22H25N5O4/c1-3-20-25-22(26-31-20)16-10-23-13-24-21(16)14-4-5-27(11-14)12-15-8-18-19(9-17(15)28-2)30-7-6-29-18/h8-10,13-14H,3-7,11-12H2,1-2H3/t14-/m0/s1. The van der Waals surface area contributed by atoms with Crippen molar-refractivity contribution in [3.63, 3.8) is 0 Å². The average Bonchev–Trinajstić information content (AvgIpc) is 3.48. The van der Waals surface area contributed by atoms with Crippen molar-refractivity contribution >= 4 is 0 Å². The summed E-state index contributed by atoms with van der Waals surface area (Å²) in [6, 6.07) is 3.95. The molecule has 5 rings (SSSR count). The van der Waals surface area contributed by atoms with Crippen LogP contribution in [0.5, 0.6) is 17.2 Å². The van der Waals surface area contributed by atoms with Gasteiger partial charge in [0.05, 0.1) is 18.4 Å². The van der Waals surface area contributed by atoms with Crippen LogP contribution in [0.15, 0.2) is 29.2 Å². The Labute approximate surface area is 180 Å². The van der Waals surface area contributed by atoms with Gasteiger partial charge in [0.2, 0.25) is 11.7 Å². The summed E-state index contributed by atoms with van der Waals surface area (Å²) in [4.78, 5) is 15.6. The molecule has 1 atom stereocenters. The number of ether oxygens (including phenoxy) is 3. The summed E-state index contributed by atoms with van der Waals surface area (Å²) in [5.41, 5.74) is 2.89. The van der Waals surface area contributed by atoms with Crippen molar-refractivity contribution in [3.8, 4) is 28.6 Å². The molecule has 1 fully saturated rings. The lowest BCUT2D eigenvalue weighted by Crippen LogP contribution is -2.21. The molecule has 1 saturated heterocycles. The van der Waals surface area contributed by atoms with Crippen molar-refractivity contribution in [2.45, 2.75) is 32.2 Å². The number of aryl methyl sites for hydroxylation is 1. The molecule has 0 unspecified atom stereocenters. The lowest BCUT2D eigenvalue weighted by atomic mass is 10.00. The van der Waals surface area contributed by atoms with Gasteiger partial charge in [-0.1, -0.05) is 12.1 Å². The number of nitrogens with zero attached hydrogens (tertiary/aromatic N) is 5. The molecule has 0 bridgehead atoms. The molecule has 9 heteroatoms. The Kier molecular flexibility index (Phi) is 5.42. The van der Waals surface area contributed by atoms with E-state index in [4.69, 9.17) is 18.7 Å². The summed E-state index contributed by atoms with van der Waals surface area (Å²) in [5, 5.41) is 4.12. The predicted octanol–water partition coefficient (Wildman–Crippen LogP) is 2.86. The minimum absolute atomic E-state index is 0.268. The van der Waals surface area contributed by atoms with E-state index in [1.807, 2.05) is 19.1 Å². The van der Waals surface area contributed by atoms with E-state index < -0.39 is 0 Å². The smallest absolute Gasteiger partial charge is 0.226 e. The zero-order valence-electron chi connectivity index (χ0n) is 17.7. The Morgan fingerprint density at radius 2 is 2.03 bits per heavy atom. The fourth-order valence-electron chi connectivity index (χ4n) is 4.21. The van der Waals surface area contributed by atoms with Gasteiger partial charge < -0.3 is 18.7 Å². The average molecular weight is 423 g/mol. The molecule has 1 aromatic carbocycles. The Morgan fingerprint density at radius 3 is 2.81 bits per heavy atom. The van der Waals surface area contributed by atoms with Gasteiger partial charge in [-0.25, -0.2) is 9.97 Å². The molecule has 0 radical (unpaired) electrons. The van der Waals surface area contributed by atoms with Gasteiger partial charge in [-0.2, -0.15) is 4.98 Å². The van der Waals surface area contributed by atoms with Gasteiger partial charge in [-0.15, -0.1) is 0 Å². The van der Waals surface area contributed by atoms with E-state index >= 15 is 0 Å². The van der Waals surface area contributed by atoms with Gasteiger partial charge >= 0.3 is 0 Å². The molecule has 0 aliphatic carbocycles. The number of aromatic nitrogens is 4. The van der Waals surface area contributed by atoms with Crippen molar-refractivity contribution in [3.05, 3.63) is 41.8 Å². The lowest BCUT2D eigenvalue weighted by Gasteiger charge is -2.23. The fraction of sp³-hybridized carbons (Fsp3) is 0.455. The first-order valence-corrected chi connectivity index (χ1v) is 10.6. The lowest BCUT2D eigenvalue weighted by molar-refractivity contribution is 0.170.